The van der Waals surface area contributed by atoms with Gasteiger partial charge in [0.1, 0.15) is 47.1 Å². The van der Waals surface area contributed by atoms with Crippen LogP contribution in [-0.2, 0) is 56.8 Å². The second-order valence-electron chi connectivity index (χ2n) is 10.7. The van der Waals surface area contributed by atoms with Crippen LogP contribution in [0, 0.1) is 4.64 Å². The summed E-state index contributed by atoms with van der Waals surface area (Å²) < 4.78 is 84.3. The van der Waals surface area contributed by atoms with Crippen LogP contribution in [0.2, 0.25) is 0 Å². The van der Waals surface area contributed by atoms with Crippen molar-refractivity contribution < 1.29 is 84.6 Å². The van der Waals surface area contributed by atoms with Crippen molar-refractivity contribution in [2.24, 2.45) is 7.05 Å². The Morgan fingerprint density at radius 1 is 0.882 bits per heavy atom. The minimum Gasteiger partial charge on any atom is -0.390 e. The van der Waals surface area contributed by atoms with E-state index in [0.29, 0.717) is 0 Å². The summed E-state index contributed by atoms with van der Waals surface area (Å²) in [6.07, 6.45) is -6.93. The van der Waals surface area contributed by atoms with E-state index >= 15 is 0 Å². The number of aliphatic hydroxyl groups excluding tert-OH is 3. The lowest BCUT2D eigenvalue weighted by Gasteiger charge is -2.21. The number of rotatable bonds is 14. The second-order valence-corrected chi connectivity index (χ2v) is 17.3. The molecule has 11 atom stereocenters. The van der Waals surface area contributed by atoms with E-state index in [1.54, 1.807) is 0 Å². The molecule has 2 aliphatic heterocycles. The Labute approximate surface area is 289 Å². The van der Waals surface area contributed by atoms with Crippen molar-refractivity contribution in [3.05, 3.63) is 40.0 Å². The molecular weight excluding hydrogens is 798 g/mol. The van der Waals surface area contributed by atoms with E-state index in [4.69, 9.17) is 27.4 Å². The number of nitrogens with two attached hydrogens (primary N) is 1. The van der Waals surface area contributed by atoms with Gasteiger partial charge in [0.05, 0.1) is 25.6 Å². The standard InChI is InChI=1S/C20H29N7O19P4S/c1-25-13(51)2-3-26(20(25)31)19-16(30)15(29)11(43-19)6-41-48(34,35)45-50(38,39)46-49(36,37)44-47(32,33)40-5-10-9(28)4-12(42-10)27-8-24-14-17(21)22-7-23-18(14)27/h2-3,7-12,15-16,19,28-30H,4-6H2,1H3,(H,32,33)(H,34,35)(H,36,37)(H,38,39)(H2,21,22,23)/t9-,10+,11+,12-,15+,16+,19+/m0/s1. The first-order valence-corrected chi connectivity index (χ1v) is 20.3. The minimum atomic E-state index is -6.16. The van der Waals surface area contributed by atoms with Gasteiger partial charge in [0, 0.05) is 19.7 Å². The third-order valence-electron chi connectivity index (χ3n) is 7.15. The molecule has 9 N–H and O–H groups in total. The number of aliphatic hydroxyl groups is 3. The highest BCUT2D eigenvalue weighted by molar-refractivity contribution is 7.71. The van der Waals surface area contributed by atoms with Crippen LogP contribution in [0.1, 0.15) is 18.9 Å². The lowest BCUT2D eigenvalue weighted by molar-refractivity contribution is -0.0546. The maximum Gasteiger partial charge on any atom is 0.490 e. The highest BCUT2D eigenvalue weighted by Crippen LogP contribution is 2.71. The maximum absolute atomic E-state index is 12.5. The first kappa shape index (κ1) is 40.0. The Bertz CT molecular complexity index is 2100. The summed E-state index contributed by atoms with van der Waals surface area (Å²) in [5, 5.41) is 31.0. The largest absolute Gasteiger partial charge is 0.490 e. The molecule has 26 nitrogen and oxygen atoms in total. The Hall–Kier alpha value is -2.19. The predicted octanol–water partition coefficient (Wildman–Crippen LogP) is -0.909. The van der Waals surface area contributed by atoms with Crippen molar-refractivity contribution in [3.63, 3.8) is 0 Å². The molecule has 2 aliphatic rings. The molecule has 0 aliphatic carbocycles. The zero-order chi connectivity index (χ0) is 37.7. The number of phosphoric acid groups is 4. The van der Waals surface area contributed by atoms with Gasteiger partial charge in [-0.15, -0.1) is 0 Å². The van der Waals surface area contributed by atoms with Crippen LogP contribution < -0.4 is 11.4 Å². The number of nitrogen functional groups attached to an aromatic ring is 1. The Morgan fingerprint density at radius 2 is 1.47 bits per heavy atom. The first-order valence-electron chi connectivity index (χ1n) is 13.9. The highest BCUT2D eigenvalue weighted by atomic mass is 32.1. The topological polar surface area (TPSA) is 371 Å². The van der Waals surface area contributed by atoms with Gasteiger partial charge in [-0.3, -0.25) is 22.7 Å². The van der Waals surface area contributed by atoms with Crippen LogP contribution in [0.5, 0.6) is 0 Å². The Morgan fingerprint density at radius 3 is 2.10 bits per heavy atom. The van der Waals surface area contributed by atoms with Gasteiger partial charge >= 0.3 is 37.0 Å². The van der Waals surface area contributed by atoms with Crippen molar-refractivity contribution in [2.45, 2.75) is 49.4 Å². The van der Waals surface area contributed by atoms with Gasteiger partial charge in [-0.25, -0.2) is 38.0 Å². The van der Waals surface area contributed by atoms with Crippen molar-refractivity contribution >= 4 is 60.5 Å². The van der Waals surface area contributed by atoms with E-state index in [1.807, 2.05) is 0 Å². The quantitative estimate of drug-likeness (QED) is 0.0720. The van der Waals surface area contributed by atoms with Gasteiger partial charge in [-0.2, -0.15) is 12.9 Å². The van der Waals surface area contributed by atoms with Crippen molar-refractivity contribution in [1.29, 1.82) is 0 Å². The van der Waals surface area contributed by atoms with E-state index in [9.17, 15) is 57.9 Å². The van der Waals surface area contributed by atoms with Crippen LogP contribution in [0.25, 0.3) is 11.2 Å². The van der Waals surface area contributed by atoms with Gasteiger partial charge in [-0.1, -0.05) is 12.2 Å². The molecule has 3 aromatic heterocycles. The molecule has 0 bridgehead atoms. The number of fused-ring (bicyclic) bond motifs is 1. The number of hydrogen-bond donors (Lipinski definition) is 8. The van der Waals surface area contributed by atoms with Crippen molar-refractivity contribution in [2.75, 3.05) is 18.9 Å². The van der Waals surface area contributed by atoms with E-state index in [2.05, 4.69) is 36.9 Å². The summed E-state index contributed by atoms with van der Waals surface area (Å²) >= 11 is 4.96. The van der Waals surface area contributed by atoms with Gasteiger partial charge in [0.15, 0.2) is 17.7 Å². The van der Waals surface area contributed by atoms with E-state index in [0.717, 1.165) is 21.7 Å². The number of phosphoric ester groups is 2. The monoisotopic (exact) mass is 827 g/mol. The highest BCUT2D eigenvalue weighted by Gasteiger charge is 2.49. The van der Waals surface area contributed by atoms with Gasteiger partial charge in [-0.05, 0) is 6.07 Å². The molecule has 284 valence electrons. The van der Waals surface area contributed by atoms with E-state index in [1.165, 1.54) is 24.0 Å². The van der Waals surface area contributed by atoms with Crippen LogP contribution >= 0.6 is 43.5 Å². The molecule has 0 aromatic carbocycles. The lowest BCUT2D eigenvalue weighted by atomic mass is 10.1. The van der Waals surface area contributed by atoms with Crippen LogP contribution in [0.3, 0.4) is 0 Å². The number of hydrogen-bond acceptors (Lipinski definition) is 20. The molecule has 5 rings (SSSR count). The van der Waals surface area contributed by atoms with Crippen LogP contribution in [0.4, 0.5) is 5.82 Å². The summed E-state index contributed by atoms with van der Waals surface area (Å²) in [5.74, 6) is 0.0663. The van der Waals surface area contributed by atoms with Crippen LogP contribution in [0.15, 0.2) is 29.7 Å². The number of nitrogens with zero attached hydrogens (tertiary/aromatic N) is 6. The number of anilines is 1. The smallest absolute Gasteiger partial charge is 0.390 e. The van der Waals surface area contributed by atoms with E-state index in [-0.39, 0.29) is 28.0 Å². The molecular formula is C20H29N7O19P4S. The molecule has 5 heterocycles. The fourth-order valence-electron chi connectivity index (χ4n) is 4.80. The van der Waals surface area contributed by atoms with Gasteiger partial charge in [0.2, 0.25) is 0 Å². The third kappa shape index (κ3) is 9.31. The summed E-state index contributed by atoms with van der Waals surface area (Å²) in [6, 6.07) is 1.31. The van der Waals surface area contributed by atoms with Gasteiger partial charge < -0.3 is 50.1 Å². The molecule has 2 fully saturated rings. The zero-order valence-electron chi connectivity index (χ0n) is 25.5. The lowest BCUT2D eigenvalue weighted by Crippen LogP contribution is -2.37. The van der Waals surface area contributed by atoms with Crippen LogP contribution in [-0.4, -0.2) is 107 Å². The first-order chi connectivity index (χ1) is 23.6. The summed E-state index contributed by atoms with van der Waals surface area (Å²) in [5.41, 5.74) is 5.46. The number of aromatic nitrogens is 6. The summed E-state index contributed by atoms with van der Waals surface area (Å²) in [6.45, 7) is -2.08. The second kappa shape index (κ2) is 14.9. The average Bonchev–Trinajstić information content (AvgIpc) is 3.68. The minimum absolute atomic E-state index is 0.0663. The average molecular weight is 827 g/mol. The predicted molar refractivity (Wildman–Crippen MR) is 165 cm³/mol. The van der Waals surface area contributed by atoms with Crippen molar-refractivity contribution in [3.8, 4) is 0 Å². The maximum atomic E-state index is 12.5. The Kier molecular flexibility index (Phi) is 11.7. The normalized spacial score (nSPS) is 30.1. The fraction of sp³-hybridized carbons (Fsp3) is 0.550. The summed E-state index contributed by atoms with van der Waals surface area (Å²) in [4.78, 5) is 63.8. The fourth-order valence-corrected chi connectivity index (χ4v) is 9.89. The molecule has 51 heavy (non-hydrogen) atoms. The van der Waals surface area contributed by atoms with E-state index < -0.39 is 93.2 Å². The molecule has 0 amide bonds. The zero-order valence-corrected chi connectivity index (χ0v) is 29.9. The molecule has 0 spiro atoms. The number of ether oxygens (including phenoxy) is 2. The van der Waals surface area contributed by atoms with Gasteiger partial charge in [0.25, 0.3) is 0 Å². The molecule has 4 unspecified atom stereocenters. The molecule has 0 radical (unpaired) electrons. The number of imidazole rings is 1. The Balaban J connectivity index is 1.13. The molecule has 31 heteroatoms. The van der Waals surface area contributed by atoms with Crippen molar-refractivity contribution in [1.82, 2.24) is 28.7 Å². The molecule has 0 saturated carbocycles. The molecule has 2 saturated heterocycles. The third-order valence-corrected chi connectivity index (χ3v) is 13.5. The molecule has 3 aromatic rings. The SMILES string of the molecule is Cn1c(=S)ccn([C@@H]2O[C@H](COP(=O)(O)OP(=O)(O)OP(=O)(O)OP(=O)(O)OC[C@H]3O[C@H](n4cnc5c(N)ncnc54)C[C@@H]3O)[C@@H](O)[C@H]2O)c1=O. The summed E-state index contributed by atoms with van der Waals surface area (Å²) in [7, 11) is -22.4.